The van der Waals surface area contributed by atoms with E-state index in [1.807, 2.05) is 6.92 Å². The summed E-state index contributed by atoms with van der Waals surface area (Å²) in [5.74, 6) is -1.65. The van der Waals surface area contributed by atoms with Crippen LogP contribution in [0.5, 0.6) is 0 Å². The van der Waals surface area contributed by atoms with Crippen LogP contribution in [0, 0.1) is 17.6 Å². The zero-order valence-electron chi connectivity index (χ0n) is 15.8. The molecule has 1 aliphatic carbocycles. The van der Waals surface area contributed by atoms with Gasteiger partial charge in [-0.1, -0.05) is 0 Å². The first-order chi connectivity index (χ1) is 13.5. The first kappa shape index (κ1) is 20.0. The summed E-state index contributed by atoms with van der Waals surface area (Å²) in [6.07, 6.45) is 4.40. The van der Waals surface area contributed by atoms with Gasteiger partial charge in [0.05, 0.1) is 0 Å². The molecule has 8 heteroatoms. The Labute approximate surface area is 162 Å². The van der Waals surface area contributed by atoms with Crippen molar-refractivity contribution in [2.45, 2.75) is 51.7 Å². The second-order valence-electron chi connectivity index (χ2n) is 7.03. The maximum atomic E-state index is 13.6. The van der Waals surface area contributed by atoms with E-state index in [9.17, 15) is 18.4 Å². The Bertz CT molecular complexity index is 844. The number of rotatable bonds is 6. The van der Waals surface area contributed by atoms with Gasteiger partial charge in [0.1, 0.15) is 17.3 Å². The molecule has 0 spiro atoms. The quantitative estimate of drug-likeness (QED) is 0.796. The Kier molecular flexibility index (Phi) is 6.38. The van der Waals surface area contributed by atoms with Crippen LogP contribution in [0.25, 0.3) is 0 Å². The number of halogens is 2. The van der Waals surface area contributed by atoms with Gasteiger partial charge < -0.3 is 10.6 Å². The molecule has 0 saturated heterocycles. The third kappa shape index (κ3) is 4.94. The molecule has 0 radical (unpaired) electrons. The topological polar surface area (TPSA) is 76.0 Å². The molecular formula is C20H24F2N4O2. The molecular weight excluding hydrogens is 366 g/mol. The second kappa shape index (κ2) is 8.95. The molecule has 0 bridgehead atoms. The van der Waals surface area contributed by atoms with Crippen molar-refractivity contribution in [3.8, 4) is 0 Å². The van der Waals surface area contributed by atoms with Crippen LogP contribution in [0.4, 0.5) is 8.78 Å². The molecule has 1 aromatic heterocycles. The fourth-order valence-electron chi connectivity index (χ4n) is 3.42. The van der Waals surface area contributed by atoms with Crippen molar-refractivity contribution in [1.29, 1.82) is 0 Å². The Morgan fingerprint density at radius 3 is 2.61 bits per heavy atom. The maximum Gasteiger partial charge on any atom is 0.271 e. The van der Waals surface area contributed by atoms with Crippen LogP contribution in [-0.4, -0.2) is 27.6 Å². The van der Waals surface area contributed by atoms with E-state index in [1.165, 1.54) is 0 Å². The number of aryl methyl sites for hydroxylation is 1. The maximum absolute atomic E-state index is 13.6. The Morgan fingerprint density at radius 1 is 1.18 bits per heavy atom. The number of carbonyl (C=O) groups is 2. The third-order valence-electron chi connectivity index (χ3n) is 5.09. The first-order valence-electron chi connectivity index (χ1n) is 9.52. The van der Waals surface area contributed by atoms with Gasteiger partial charge in [-0.05, 0) is 56.9 Å². The summed E-state index contributed by atoms with van der Waals surface area (Å²) < 4.78 is 28.5. The third-order valence-corrected chi connectivity index (χ3v) is 5.09. The molecule has 6 nitrogen and oxygen atoms in total. The molecule has 1 aliphatic rings. The summed E-state index contributed by atoms with van der Waals surface area (Å²) in [4.78, 5) is 24.6. The summed E-state index contributed by atoms with van der Waals surface area (Å²) in [5, 5.41) is 9.83. The fourth-order valence-corrected chi connectivity index (χ4v) is 3.42. The molecule has 1 fully saturated rings. The van der Waals surface area contributed by atoms with Crippen molar-refractivity contribution in [3.05, 3.63) is 53.4 Å². The van der Waals surface area contributed by atoms with E-state index in [-0.39, 0.29) is 35.9 Å². The van der Waals surface area contributed by atoms with Crippen LogP contribution < -0.4 is 10.6 Å². The Hall–Kier alpha value is -2.77. The lowest BCUT2D eigenvalue weighted by molar-refractivity contribution is -0.126. The van der Waals surface area contributed by atoms with Crippen molar-refractivity contribution < 1.29 is 18.4 Å². The normalized spacial score (nSPS) is 19.2. The van der Waals surface area contributed by atoms with Crippen molar-refractivity contribution >= 4 is 11.8 Å². The predicted octanol–water partition coefficient (Wildman–Crippen LogP) is 2.79. The van der Waals surface area contributed by atoms with E-state index in [2.05, 4.69) is 15.7 Å². The van der Waals surface area contributed by atoms with Gasteiger partial charge in [-0.2, -0.15) is 5.10 Å². The smallest absolute Gasteiger partial charge is 0.271 e. The van der Waals surface area contributed by atoms with Crippen LogP contribution in [-0.2, 0) is 17.9 Å². The predicted molar refractivity (Wildman–Crippen MR) is 99.3 cm³/mol. The van der Waals surface area contributed by atoms with Crippen molar-refractivity contribution in [2.24, 2.45) is 5.92 Å². The van der Waals surface area contributed by atoms with Crippen molar-refractivity contribution in [1.82, 2.24) is 20.4 Å². The van der Waals surface area contributed by atoms with E-state index < -0.39 is 11.6 Å². The van der Waals surface area contributed by atoms with Gasteiger partial charge in [0.2, 0.25) is 5.91 Å². The number of benzene rings is 1. The molecule has 3 rings (SSSR count). The summed E-state index contributed by atoms with van der Waals surface area (Å²) in [6.45, 7) is 2.61. The number of nitrogens with zero attached hydrogens (tertiary/aromatic N) is 2. The molecule has 2 amide bonds. The number of hydrogen-bond acceptors (Lipinski definition) is 3. The zero-order valence-corrected chi connectivity index (χ0v) is 15.8. The number of hydrogen-bond donors (Lipinski definition) is 2. The lowest BCUT2D eigenvalue weighted by Gasteiger charge is -2.28. The molecule has 0 atom stereocenters. The highest BCUT2D eigenvalue weighted by atomic mass is 19.1. The Balaban J connectivity index is 1.44. The van der Waals surface area contributed by atoms with E-state index in [1.54, 1.807) is 16.9 Å². The van der Waals surface area contributed by atoms with Crippen LogP contribution >= 0.6 is 0 Å². The number of carbonyl (C=O) groups excluding carboxylic acids is 2. The van der Waals surface area contributed by atoms with Gasteiger partial charge in [0.25, 0.3) is 5.91 Å². The molecule has 2 aromatic rings. The van der Waals surface area contributed by atoms with E-state index in [0.29, 0.717) is 37.9 Å². The first-order valence-corrected chi connectivity index (χ1v) is 9.52. The molecule has 1 heterocycles. The fraction of sp³-hybridized carbons (Fsp3) is 0.450. The van der Waals surface area contributed by atoms with Gasteiger partial charge in [-0.25, -0.2) is 8.78 Å². The molecule has 2 N–H and O–H groups in total. The van der Waals surface area contributed by atoms with E-state index in [4.69, 9.17) is 0 Å². The highest BCUT2D eigenvalue weighted by molar-refractivity contribution is 5.92. The average molecular weight is 390 g/mol. The van der Waals surface area contributed by atoms with Crippen LogP contribution in [0.2, 0.25) is 0 Å². The van der Waals surface area contributed by atoms with Gasteiger partial charge in [-0.15, -0.1) is 0 Å². The molecule has 1 aromatic carbocycles. The van der Waals surface area contributed by atoms with Crippen LogP contribution in [0.1, 0.15) is 48.7 Å². The van der Waals surface area contributed by atoms with Crippen molar-refractivity contribution in [3.63, 3.8) is 0 Å². The lowest BCUT2D eigenvalue weighted by Crippen LogP contribution is -2.41. The molecule has 150 valence electrons. The summed E-state index contributed by atoms with van der Waals surface area (Å²) in [6, 6.07) is 4.87. The minimum absolute atomic E-state index is 0.00369. The molecule has 0 aliphatic heterocycles. The molecule has 28 heavy (non-hydrogen) atoms. The average Bonchev–Trinajstić information content (AvgIpc) is 3.18. The summed E-state index contributed by atoms with van der Waals surface area (Å²) >= 11 is 0. The number of aromatic nitrogens is 2. The monoisotopic (exact) mass is 390 g/mol. The van der Waals surface area contributed by atoms with Gasteiger partial charge >= 0.3 is 0 Å². The minimum atomic E-state index is -0.543. The van der Waals surface area contributed by atoms with Gasteiger partial charge in [0, 0.05) is 36.8 Å². The van der Waals surface area contributed by atoms with Gasteiger partial charge in [-0.3, -0.25) is 14.3 Å². The van der Waals surface area contributed by atoms with Gasteiger partial charge in [0.15, 0.2) is 0 Å². The number of amides is 2. The largest absolute Gasteiger partial charge is 0.352 e. The standard InChI is InChI=1S/C20H24F2N4O2/c1-2-26-10-9-18(25-26)20(28)24-16-6-3-13(4-7-16)19(27)23-12-14-11-15(21)5-8-17(14)22/h5,8-11,13,16H,2-4,6-7,12H2,1H3,(H,23,27)(H,24,28). The molecule has 0 unspecified atom stereocenters. The lowest BCUT2D eigenvalue weighted by atomic mass is 9.85. The van der Waals surface area contributed by atoms with E-state index in [0.717, 1.165) is 18.2 Å². The van der Waals surface area contributed by atoms with Crippen molar-refractivity contribution in [2.75, 3.05) is 0 Å². The summed E-state index contributed by atoms with van der Waals surface area (Å²) in [5.41, 5.74) is 0.514. The van der Waals surface area contributed by atoms with Crippen LogP contribution in [0.15, 0.2) is 30.5 Å². The minimum Gasteiger partial charge on any atom is -0.352 e. The van der Waals surface area contributed by atoms with Crippen LogP contribution in [0.3, 0.4) is 0 Å². The number of nitrogens with one attached hydrogen (secondary N) is 2. The Morgan fingerprint density at radius 2 is 1.93 bits per heavy atom. The zero-order chi connectivity index (χ0) is 20.1. The summed E-state index contributed by atoms with van der Waals surface area (Å²) in [7, 11) is 0. The van der Waals surface area contributed by atoms with E-state index >= 15 is 0 Å². The SMILES string of the molecule is CCn1ccc(C(=O)NC2CCC(C(=O)NCc3cc(F)ccc3F)CC2)n1. The highest BCUT2D eigenvalue weighted by Gasteiger charge is 2.27. The second-order valence-corrected chi connectivity index (χ2v) is 7.03. The highest BCUT2D eigenvalue weighted by Crippen LogP contribution is 2.25. The molecule has 1 saturated carbocycles.